The van der Waals surface area contributed by atoms with E-state index in [1.54, 1.807) is 0 Å². The van der Waals surface area contributed by atoms with Gasteiger partial charge in [0.2, 0.25) is 0 Å². The van der Waals surface area contributed by atoms with E-state index in [2.05, 4.69) is 22.6 Å². The second-order valence-electron chi connectivity index (χ2n) is 3.88. The van der Waals surface area contributed by atoms with Gasteiger partial charge in [0.15, 0.2) is 0 Å². The first-order valence-electron chi connectivity index (χ1n) is 4.95. The smallest absolute Gasteiger partial charge is 0.316 e. The van der Waals surface area contributed by atoms with Crippen molar-refractivity contribution in [3.05, 3.63) is 35.9 Å². The molecule has 1 fully saturated rings. The lowest BCUT2D eigenvalue weighted by atomic mass is 9.94. The van der Waals surface area contributed by atoms with Gasteiger partial charge in [0.1, 0.15) is 0 Å². The summed E-state index contributed by atoms with van der Waals surface area (Å²) in [4.78, 5) is 11.8. The molecule has 15 heavy (non-hydrogen) atoms. The van der Waals surface area contributed by atoms with E-state index in [1.807, 2.05) is 30.3 Å². The van der Waals surface area contributed by atoms with Gasteiger partial charge < -0.3 is 4.74 Å². The minimum atomic E-state index is -0.350. The number of hydrogen-bond donors (Lipinski definition) is 0. The van der Waals surface area contributed by atoms with Crippen molar-refractivity contribution in [1.82, 2.24) is 0 Å². The van der Waals surface area contributed by atoms with E-state index < -0.39 is 0 Å². The summed E-state index contributed by atoms with van der Waals surface area (Å²) in [7, 11) is 1.47. The largest absolute Gasteiger partial charge is 0.468 e. The highest BCUT2D eigenvalue weighted by atomic mass is 127. The lowest BCUT2D eigenvalue weighted by Crippen LogP contribution is -2.24. The molecule has 0 N–H and O–H groups in total. The second kappa shape index (κ2) is 4.12. The van der Waals surface area contributed by atoms with Crippen LogP contribution in [0.2, 0.25) is 0 Å². The predicted octanol–water partition coefficient (Wildman–Crippen LogP) is 2.55. The van der Waals surface area contributed by atoms with Gasteiger partial charge in [-0.2, -0.15) is 0 Å². The van der Waals surface area contributed by atoms with Crippen molar-refractivity contribution in [2.24, 2.45) is 5.92 Å². The number of carbonyl (C=O) groups is 1. The summed E-state index contributed by atoms with van der Waals surface area (Å²) in [5.74, 6) is 0.350. The maximum absolute atomic E-state index is 11.8. The number of ether oxygens (including phenoxy) is 1. The molecule has 1 aromatic carbocycles. The average Bonchev–Trinajstić information content (AvgIpc) is 3.05. The van der Waals surface area contributed by atoms with Crippen molar-refractivity contribution >= 4 is 28.6 Å². The summed E-state index contributed by atoms with van der Waals surface area (Å²) < 4.78 is 5.92. The minimum Gasteiger partial charge on any atom is -0.468 e. The Kier molecular flexibility index (Phi) is 3.00. The van der Waals surface area contributed by atoms with Gasteiger partial charge in [-0.1, -0.05) is 52.9 Å². The molecule has 0 amide bonds. The zero-order chi connectivity index (χ0) is 10.9. The van der Waals surface area contributed by atoms with E-state index in [0.717, 1.165) is 16.4 Å². The molecule has 2 nitrogen and oxygen atoms in total. The van der Waals surface area contributed by atoms with Gasteiger partial charge in [-0.15, -0.1) is 0 Å². The molecule has 1 aliphatic carbocycles. The van der Waals surface area contributed by atoms with Gasteiger partial charge in [0.05, 0.1) is 12.5 Å². The van der Waals surface area contributed by atoms with Crippen LogP contribution >= 0.6 is 22.6 Å². The molecule has 0 aliphatic heterocycles. The molecule has 2 unspecified atom stereocenters. The zero-order valence-corrected chi connectivity index (χ0v) is 10.7. The van der Waals surface area contributed by atoms with E-state index in [9.17, 15) is 4.79 Å². The Hall–Kier alpha value is -0.580. The highest BCUT2D eigenvalue weighted by Crippen LogP contribution is 2.55. The molecule has 0 bridgehead atoms. The van der Waals surface area contributed by atoms with E-state index in [1.165, 1.54) is 7.11 Å². The topological polar surface area (TPSA) is 26.3 Å². The molecule has 1 aromatic rings. The van der Waals surface area contributed by atoms with E-state index in [0.29, 0.717) is 5.92 Å². The quantitative estimate of drug-likeness (QED) is 0.487. The van der Waals surface area contributed by atoms with Crippen molar-refractivity contribution in [3.63, 3.8) is 0 Å². The zero-order valence-electron chi connectivity index (χ0n) is 8.57. The number of esters is 1. The van der Waals surface area contributed by atoms with Crippen molar-refractivity contribution < 1.29 is 9.53 Å². The van der Waals surface area contributed by atoms with Gasteiger partial charge in [0.25, 0.3) is 0 Å². The molecule has 0 spiro atoms. The molecule has 0 aromatic heterocycles. The molecule has 0 heterocycles. The number of alkyl halides is 1. The van der Waals surface area contributed by atoms with Crippen molar-refractivity contribution in [2.75, 3.05) is 11.5 Å². The highest BCUT2D eigenvalue weighted by Gasteiger charge is 2.61. The Labute approximate surface area is 103 Å². The third-order valence-corrected chi connectivity index (χ3v) is 4.19. The van der Waals surface area contributed by atoms with Crippen LogP contribution in [0.3, 0.4) is 0 Å². The molecule has 2 rings (SSSR count). The Morgan fingerprint density at radius 1 is 1.53 bits per heavy atom. The maximum atomic E-state index is 11.8. The molecule has 80 valence electrons. The lowest BCUT2D eigenvalue weighted by Gasteiger charge is -2.14. The van der Waals surface area contributed by atoms with E-state index >= 15 is 0 Å². The second-order valence-corrected chi connectivity index (χ2v) is 4.77. The summed E-state index contributed by atoms with van der Waals surface area (Å²) in [5.41, 5.74) is 0.746. The number of rotatable bonds is 3. The van der Waals surface area contributed by atoms with Crippen LogP contribution in [0.1, 0.15) is 12.0 Å². The van der Waals surface area contributed by atoms with Gasteiger partial charge >= 0.3 is 5.97 Å². The molecule has 1 aliphatic rings. The van der Waals surface area contributed by atoms with Crippen molar-refractivity contribution in [2.45, 2.75) is 11.8 Å². The van der Waals surface area contributed by atoms with Crippen LogP contribution in [0.15, 0.2) is 30.3 Å². The highest BCUT2D eigenvalue weighted by molar-refractivity contribution is 14.1. The molecular weight excluding hydrogens is 303 g/mol. The number of benzene rings is 1. The van der Waals surface area contributed by atoms with Gasteiger partial charge in [-0.25, -0.2) is 0 Å². The summed E-state index contributed by atoms with van der Waals surface area (Å²) in [6.45, 7) is 0. The summed E-state index contributed by atoms with van der Waals surface area (Å²) >= 11 is 2.33. The number of carbonyl (C=O) groups excluding carboxylic acids is 1. The van der Waals surface area contributed by atoms with Crippen LogP contribution in [0, 0.1) is 5.92 Å². The van der Waals surface area contributed by atoms with Crippen LogP contribution in [0.25, 0.3) is 0 Å². The summed E-state index contributed by atoms with van der Waals surface area (Å²) in [6, 6.07) is 9.95. The van der Waals surface area contributed by atoms with Crippen LogP contribution in [-0.2, 0) is 14.9 Å². The van der Waals surface area contributed by atoms with Crippen LogP contribution in [-0.4, -0.2) is 17.5 Å². The first kappa shape index (κ1) is 10.9. The van der Waals surface area contributed by atoms with Gasteiger partial charge in [-0.3, -0.25) is 4.79 Å². The van der Waals surface area contributed by atoms with Gasteiger partial charge in [0, 0.05) is 4.43 Å². The summed E-state index contributed by atoms with van der Waals surface area (Å²) in [6.07, 6.45) is 0.923. The first-order chi connectivity index (χ1) is 7.25. The van der Waals surface area contributed by atoms with Crippen LogP contribution in [0.5, 0.6) is 0 Å². The Morgan fingerprint density at radius 2 is 2.20 bits per heavy atom. The molecule has 0 radical (unpaired) electrons. The van der Waals surface area contributed by atoms with Crippen molar-refractivity contribution in [1.29, 1.82) is 0 Å². The fraction of sp³-hybridized carbons (Fsp3) is 0.417. The molecule has 1 saturated carbocycles. The number of methoxy groups -OCH3 is 1. The SMILES string of the molecule is COC(=O)C1(c2ccccc2)CC1CI. The Morgan fingerprint density at radius 3 is 2.67 bits per heavy atom. The van der Waals surface area contributed by atoms with Crippen LogP contribution in [0.4, 0.5) is 0 Å². The van der Waals surface area contributed by atoms with E-state index in [-0.39, 0.29) is 11.4 Å². The monoisotopic (exact) mass is 316 g/mol. The Bertz CT molecular complexity index is 363. The van der Waals surface area contributed by atoms with Crippen LogP contribution < -0.4 is 0 Å². The third-order valence-electron chi connectivity index (χ3n) is 3.13. The minimum absolute atomic E-state index is 0.0876. The summed E-state index contributed by atoms with van der Waals surface area (Å²) in [5, 5.41) is 0. The Balaban J connectivity index is 2.34. The van der Waals surface area contributed by atoms with Gasteiger partial charge in [-0.05, 0) is 17.9 Å². The van der Waals surface area contributed by atoms with Crippen molar-refractivity contribution in [3.8, 4) is 0 Å². The molecule has 2 atom stereocenters. The molecule has 0 saturated heterocycles. The first-order valence-corrected chi connectivity index (χ1v) is 6.48. The third kappa shape index (κ3) is 1.67. The maximum Gasteiger partial charge on any atom is 0.316 e. The number of hydrogen-bond acceptors (Lipinski definition) is 2. The van der Waals surface area contributed by atoms with E-state index in [4.69, 9.17) is 4.74 Å². The fourth-order valence-electron chi connectivity index (χ4n) is 2.16. The lowest BCUT2D eigenvalue weighted by molar-refractivity contribution is -0.144. The number of halogens is 1. The normalized spacial score (nSPS) is 28.5. The average molecular weight is 316 g/mol. The standard InChI is InChI=1S/C12H13IO2/c1-15-11(14)12(7-10(12)8-13)9-5-3-2-4-6-9/h2-6,10H,7-8H2,1H3. The molecule has 3 heteroatoms. The predicted molar refractivity (Wildman–Crippen MR) is 67.1 cm³/mol. The fourth-order valence-corrected chi connectivity index (χ4v) is 3.22. The molecular formula is C12H13IO2.